The summed E-state index contributed by atoms with van der Waals surface area (Å²) in [5, 5.41) is 14.9. The number of nitrogens with one attached hydrogen (secondary N) is 2. The molecule has 2 unspecified atom stereocenters. The van der Waals surface area contributed by atoms with E-state index < -0.39 is 11.8 Å². The Morgan fingerprint density at radius 2 is 1.91 bits per heavy atom. The van der Waals surface area contributed by atoms with Gasteiger partial charge in [-0.3, -0.25) is 9.59 Å². The van der Waals surface area contributed by atoms with E-state index in [1.165, 1.54) is 0 Å². The maximum atomic E-state index is 12.2. The molecule has 126 valence electrons. The zero-order valence-corrected chi connectivity index (χ0v) is 13.7. The van der Waals surface area contributed by atoms with Crippen LogP contribution in [-0.2, 0) is 16.0 Å². The third kappa shape index (κ3) is 4.79. The molecule has 23 heavy (non-hydrogen) atoms. The van der Waals surface area contributed by atoms with Crippen molar-refractivity contribution in [2.75, 3.05) is 11.9 Å². The van der Waals surface area contributed by atoms with Gasteiger partial charge in [-0.15, -0.1) is 0 Å². The van der Waals surface area contributed by atoms with Gasteiger partial charge in [0.05, 0.1) is 0 Å². The topological polar surface area (TPSA) is 78.4 Å². The van der Waals surface area contributed by atoms with Gasteiger partial charge in [-0.1, -0.05) is 44.4 Å². The van der Waals surface area contributed by atoms with Gasteiger partial charge in [0.2, 0.25) is 0 Å². The van der Waals surface area contributed by atoms with Crippen molar-refractivity contribution in [3.8, 4) is 0 Å². The fourth-order valence-electron chi connectivity index (χ4n) is 3.16. The number of hydrogen-bond donors (Lipinski definition) is 3. The lowest BCUT2D eigenvalue weighted by atomic mass is 9.85. The Balaban J connectivity index is 1.96. The Hall–Kier alpha value is -1.88. The second kappa shape index (κ2) is 8.67. The zero-order chi connectivity index (χ0) is 16.7. The van der Waals surface area contributed by atoms with Crippen molar-refractivity contribution in [2.24, 2.45) is 5.92 Å². The van der Waals surface area contributed by atoms with Gasteiger partial charge in [0.15, 0.2) is 0 Å². The van der Waals surface area contributed by atoms with Crippen LogP contribution in [0.25, 0.3) is 0 Å². The van der Waals surface area contributed by atoms with Crippen LogP contribution in [0.4, 0.5) is 5.69 Å². The van der Waals surface area contributed by atoms with E-state index in [0.717, 1.165) is 44.1 Å². The van der Waals surface area contributed by atoms with E-state index in [1.807, 2.05) is 24.3 Å². The lowest BCUT2D eigenvalue weighted by molar-refractivity contribution is -0.137. The van der Waals surface area contributed by atoms with Gasteiger partial charge >= 0.3 is 11.8 Å². The van der Waals surface area contributed by atoms with Crippen LogP contribution >= 0.6 is 0 Å². The molecule has 2 amide bonds. The van der Waals surface area contributed by atoms with Crippen LogP contribution in [0.5, 0.6) is 0 Å². The number of amides is 2. The Labute approximate surface area is 137 Å². The summed E-state index contributed by atoms with van der Waals surface area (Å²) < 4.78 is 0. The predicted molar refractivity (Wildman–Crippen MR) is 90.0 cm³/mol. The lowest BCUT2D eigenvalue weighted by Crippen LogP contribution is -2.47. The van der Waals surface area contributed by atoms with Crippen molar-refractivity contribution in [1.82, 2.24) is 5.32 Å². The van der Waals surface area contributed by atoms with Crippen LogP contribution in [0.1, 0.15) is 44.6 Å². The third-order valence-corrected chi connectivity index (χ3v) is 4.45. The van der Waals surface area contributed by atoms with E-state index in [0.29, 0.717) is 5.69 Å². The molecule has 1 saturated carbocycles. The minimum absolute atomic E-state index is 0.0475. The first kappa shape index (κ1) is 17.5. The normalized spacial score (nSPS) is 20.8. The molecular formula is C18H26N2O3. The van der Waals surface area contributed by atoms with E-state index in [1.54, 1.807) is 0 Å². The Morgan fingerprint density at radius 3 is 2.65 bits per heavy atom. The number of benzene rings is 1. The minimum Gasteiger partial charge on any atom is -0.396 e. The summed E-state index contributed by atoms with van der Waals surface area (Å²) in [6.07, 6.45) is 5.61. The molecule has 5 heteroatoms. The molecule has 1 fully saturated rings. The highest BCUT2D eigenvalue weighted by atomic mass is 16.3. The van der Waals surface area contributed by atoms with Crippen molar-refractivity contribution in [3.63, 3.8) is 0 Å². The zero-order valence-electron chi connectivity index (χ0n) is 13.7. The second-order valence-corrected chi connectivity index (χ2v) is 6.17. The average molecular weight is 318 g/mol. The molecule has 1 aliphatic rings. The standard InChI is InChI=1S/C18H26N2O3/c1-2-7-13-8-3-5-10-15(13)19-17(22)18(23)20-16-11-6-4-9-14(16)12-21/h3,5,8,10,14,16,21H,2,4,6-7,9,11-12H2,1H3,(H,19,22)(H,20,23). The number of hydrogen-bond acceptors (Lipinski definition) is 3. The number of anilines is 1. The van der Waals surface area contributed by atoms with Crippen molar-refractivity contribution in [1.29, 1.82) is 0 Å². The molecule has 3 N–H and O–H groups in total. The molecule has 2 atom stereocenters. The highest BCUT2D eigenvalue weighted by molar-refractivity contribution is 6.39. The van der Waals surface area contributed by atoms with E-state index in [-0.39, 0.29) is 18.6 Å². The average Bonchev–Trinajstić information content (AvgIpc) is 2.57. The van der Waals surface area contributed by atoms with Crippen LogP contribution in [0.15, 0.2) is 24.3 Å². The summed E-state index contributed by atoms with van der Waals surface area (Å²) in [4.78, 5) is 24.3. The first-order valence-electron chi connectivity index (χ1n) is 8.46. The maximum absolute atomic E-state index is 12.2. The van der Waals surface area contributed by atoms with Crippen LogP contribution in [-0.4, -0.2) is 29.6 Å². The van der Waals surface area contributed by atoms with E-state index in [2.05, 4.69) is 17.6 Å². The Bertz CT molecular complexity index is 545. The molecule has 2 rings (SSSR count). The van der Waals surface area contributed by atoms with Gasteiger partial charge in [0.1, 0.15) is 0 Å². The summed E-state index contributed by atoms with van der Waals surface area (Å²) in [7, 11) is 0. The van der Waals surface area contributed by atoms with Crippen molar-refractivity contribution in [2.45, 2.75) is 51.5 Å². The molecule has 0 spiro atoms. The largest absolute Gasteiger partial charge is 0.396 e. The van der Waals surface area contributed by atoms with Gasteiger partial charge < -0.3 is 15.7 Å². The molecule has 1 aliphatic carbocycles. The quantitative estimate of drug-likeness (QED) is 0.729. The third-order valence-electron chi connectivity index (χ3n) is 4.45. The molecule has 0 bridgehead atoms. The van der Waals surface area contributed by atoms with Gasteiger partial charge in [-0.05, 0) is 30.9 Å². The molecule has 1 aromatic rings. The number of aliphatic hydroxyl groups is 1. The van der Waals surface area contributed by atoms with Crippen LogP contribution in [0.2, 0.25) is 0 Å². The number of aliphatic hydroxyl groups excluding tert-OH is 1. The highest BCUT2D eigenvalue weighted by Crippen LogP contribution is 2.24. The molecule has 0 aromatic heterocycles. The van der Waals surface area contributed by atoms with Crippen molar-refractivity contribution in [3.05, 3.63) is 29.8 Å². The molecular weight excluding hydrogens is 292 g/mol. The maximum Gasteiger partial charge on any atom is 0.313 e. The van der Waals surface area contributed by atoms with Crippen LogP contribution in [0, 0.1) is 5.92 Å². The summed E-state index contributed by atoms with van der Waals surface area (Å²) in [5.41, 5.74) is 1.72. The minimum atomic E-state index is -0.643. The Kier molecular flexibility index (Phi) is 6.59. The number of para-hydroxylation sites is 1. The monoisotopic (exact) mass is 318 g/mol. The first-order valence-corrected chi connectivity index (χ1v) is 8.46. The Morgan fingerprint density at radius 1 is 1.17 bits per heavy atom. The second-order valence-electron chi connectivity index (χ2n) is 6.17. The summed E-state index contributed by atoms with van der Waals surface area (Å²) >= 11 is 0. The molecule has 0 heterocycles. The SMILES string of the molecule is CCCc1ccccc1NC(=O)C(=O)NC1CCCCC1CO. The summed E-state index contributed by atoms with van der Waals surface area (Å²) in [6, 6.07) is 7.43. The van der Waals surface area contributed by atoms with E-state index in [9.17, 15) is 14.7 Å². The highest BCUT2D eigenvalue weighted by Gasteiger charge is 2.28. The van der Waals surface area contributed by atoms with Gasteiger partial charge in [0.25, 0.3) is 0 Å². The summed E-state index contributed by atoms with van der Waals surface area (Å²) in [6.45, 7) is 2.12. The predicted octanol–water partition coefficient (Wildman–Crippen LogP) is 2.24. The fourth-order valence-corrected chi connectivity index (χ4v) is 3.16. The van der Waals surface area contributed by atoms with E-state index in [4.69, 9.17) is 0 Å². The van der Waals surface area contributed by atoms with Crippen LogP contribution in [0.3, 0.4) is 0 Å². The number of rotatable bonds is 5. The molecule has 0 radical (unpaired) electrons. The number of aryl methyl sites for hydroxylation is 1. The van der Waals surface area contributed by atoms with Crippen molar-refractivity contribution >= 4 is 17.5 Å². The summed E-state index contributed by atoms with van der Waals surface area (Å²) in [5.74, 6) is -1.22. The molecule has 0 aliphatic heterocycles. The fraction of sp³-hybridized carbons (Fsp3) is 0.556. The van der Waals surface area contributed by atoms with Gasteiger partial charge in [-0.25, -0.2) is 0 Å². The van der Waals surface area contributed by atoms with E-state index >= 15 is 0 Å². The van der Waals surface area contributed by atoms with Gasteiger partial charge in [0, 0.05) is 24.3 Å². The van der Waals surface area contributed by atoms with Crippen molar-refractivity contribution < 1.29 is 14.7 Å². The smallest absolute Gasteiger partial charge is 0.313 e. The number of carbonyl (C=O) groups is 2. The first-order chi connectivity index (χ1) is 11.2. The van der Waals surface area contributed by atoms with Gasteiger partial charge in [-0.2, -0.15) is 0 Å². The molecule has 0 saturated heterocycles. The molecule has 1 aromatic carbocycles. The lowest BCUT2D eigenvalue weighted by Gasteiger charge is -2.30. The number of carbonyl (C=O) groups excluding carboxylic acids is 2. The molecule has 5 nitrogen and oxygen atoms in total. The van der Waals surface area contributed by atoms with Crippen LogP contribution < -0.4 is 10.6 Å².